The van der Waals surface area contributed by atoms with E-state index in [4.69, 9.17) is 5.73 Å². The Morgan fingerprint density at radius 3 is 2.60 bits per heavy atom. The molecule has 0 spiro atoms. The molecule has 0 bridgehead atoms. The van der Waals surface area contributed by atoms with Gasteiger partial charge in [0.15, 0.2) is 0 Å². The van der Waals surface area contributed by atoms with Gasteiger partial charge in [0.1, 0.15) is 5.67 Å². The second-order valence-corrected chi connectivity index (χ2v) is 4.56. The lowest BCUT2D eigenvalue weighted by Crippen LogP contribution is -2.29. The molecule has 1 fully saturated rings. The number of alkyl halides is 1. The van der Waals surface area contributed by atoms with Crippen LogP contribution in [0, 0.1) is 0 Å². The number of nitrogen functional groups attached to an aromatic ring is 1. The lowest BCUT2D eigenvalue weighted by atomic mass is 9.95. The number of nitrogens with zero attached hydrogens (tertiary/aromatic N) is 1. The van der Waals surface area contributed by atoms with Crippen molar-refractivity contribution >= 4 is 5.69 Å². The summed E-state index contributed by atoms with van der Waals surface area (Å²) in [6, 6.07) is 7.48. The smallest absolute Gasteiger partial charge is 0.128 e. The maximum absolute atomic E-state index is 14.3. The molecule has 0 amide bonds. The summed E-state index contributed by atoms with van der Waals surface area (Å²) in [5.74, 6) is 0. The number of rotatable bonds is 2. The molecule has 3 heteroatoms. The maximum Gasteiger partial charge on any atom is 0.128 e. The standard InChI is InChI=1S/C12H17FN2/c1-15-7-6-12(13,9-15)8-10-2-4-11(14)5-3-10/h2-5H,6-9,14H2,1H3. The zero-order valence-electron chi connectivity index (χ0n) is 9.04. The number of nitrogens with two attached hydrogens (primary N) is 1. The first-order chi connectivity index (χ1) is 7.07. The molecular weight excluding hydrogens is 191 g/mol. The molecule has 1 aliphatic heterocycles. The molecule has 1 saturated heterocycles. The summed E-state index contributed by atoms with van der Waals surface area (Å²) in [5.41, 5.74) is 6.30. The molecule has 1 aliphatic rings. The Hall–Kier alpha value is -1.09. The number of hydrogen-bond acceptors (Lipinski definition) is 2. The van der Waals surface area contributed by atoms with Crippen LogP contribution in [0.25, 0.3) is 0 Å². The molecule has 1 heterocycles. The van der Waals surface area contributed by atoms with Crippen LogP contribution in [0.1, 0.15) is 12.0 Å². The van der Waals surface area contributed by atoms with Crippen molar-refractivity contribution in [3.8, 4) is 0 Å². The van der Waals surface area contributed by atoms with Crippen LogP contribution in [0.4, 0.5) is 10.1 Å². The summed E-state index contributed by atoms with van der Waals surface area (Å²) in [4.78, 5) is 2.04. The summed E-state index contributed by atoms with van der Waals surface area (Å²) >= 11 is 0. The Bertz CT molecular complexity index is 336. The van der Waals surface area contributed by atoms with Gasteiger partial charge in [-0.2, -0.15) is 0 Å². The van der Waals surface area contributed by atoms with E-state index in [1.807, 2.05) is 36.2 Å². The van der Waals surface area contributed by atoms with Gasteiger partial charge in [-0.25, -0.2) is 4.39 Å². The van der Waals surface area contributed by atoms with Gasteiger partial charge in [0.05, 0.1) is 0 Å². The largest absolute Gasteiger partial charge is 0.399 e. The summed E-state index contributed by atoms with van der Waals surface area (Å²) in [5, 5.41) is 0. The van der Waals surface area contributed by atoms with Crippen LogP contribution in [0.5, 0.6) is 0 Å². The normalized spacial score (nSPS) is 27.1. The van der Waals surface area contributed by atoms with E-state index in [0.717, 1.165) is 17.8 Å². The average molecular weight is 208 g/mol. The van der Waals surface area contributed by atoms with Crippen molar-refractivity contribution in [2.75, 3.05) is 25.9 Å². The van der Waals surface area contributed by atoms with Crippen molar-refractivity contribution < 1.29 is 4.39 Å². The summed E-state index contributed by atoms with van der Waals surface area (Å²) < 4.78 is 14.3. The molecule has 1 unspecified atom stereocenters. The van der Waals surface area contributed by atoms with E-state index in [0.29, 0.717) is 19.4 Å². The summed E-state index contributed by atoms with van der Waals surface area (Å²) in [6.45, 7) is 1.39. The van der Waals surface area contributed by atoms with Crippen molar-refractivity contribution in [3.05, 3.63) is 29.8 Å². The minimum absolute atomic E-state index is 0.498. The highest BCUT2D eigenvalue weighted by atomic mass is 19.1. The third kappa shape index (κ3) is 2.48. The number of hydrogen-bond donors (Lipinski definition) is 1. The van der Waals surface area contributed by atoms with E-state index in [1.165, 1.54) is 0 Å². The van der Waals surface area contributed by atoms with Gasteiger partial charge in [-0.05, 0) is 31.2 Å². The molecule has 1 aromatic carbocycles. The Kier molecular flexibility index (Phi) is 2.65. The highest BCUT2D eigenvalue weighted by Gasteiger charge is 2.36. The first-order valence-corrected chi connectivity index (χ1v) is 5.29. The molecule has 1 atom stereocenters. The fourth-order valence-electron chi connectivity index (χ4n) is 2.18. The van der Waals surface area contributed by atoms with Gasteiger partial charge in [-0.15, -0.1) is 0 Å². The van der Waals surface area contributed by atoms with Crippen molar-refractivity contribution in [1.29, 1.82) is 0 Å². The molecule has 2 rings (SSSR count). The lowest BCUT2D eigenvalue weighted by molar-refractivity contribution is 0.173. The number of benzene rings is 1. The van der Waals surface area contributed by atoms with Crippen LogP contribution in [-0.2, 0) is 6.42 Å². The molecule has 0 saturated carbocycles. The average Bonchev–Trinajstić information content (AvgIpc) is 2.50. The van der Waals surface area contributed by atoms with Gasteiger partial charge in [-0.3, -0.25) is 0 Å². The molecule has 0 aliphatic carbocycles. The minimum atomic E-state index is -1.05. The molecule has 15 heavy (non-hydrogen) atoms. The molecule has 1 aromatic rings. The predicted molar refractivity (Wildman–Crippen MR) is 60.5 cm³/mol. The van der Waals surface area contributed by atoms with E-state index in [-0.39, 0.29) is 0 Å². The van der Waals surface area contributed by atoms with Crippen LogP contribution in [-0.4, -0.2) is 30.7 Å². The Morgan fingerprint density at radius 1 is 1.40 bits per heavy atom. The first kappa shape index (κ1) is 10.4. The highest BCUT2D eigenvalue weighted by molar-refractivity contribution is 5.39. The van der Waals surface area contributed by atoms with Crippen LogP contribution >= 0.6 is 0 Å². The van der Waals surface area contributed by atoms with Crippen molar-refractivity contribution in [2.24, 2.45) is 0 Å². The van der Waals surface area contributed by atoms with Crippen LogP contribution in [0.3, 0.4) is 0 Å². The first-order valence-electron chi connectivity index (χ1n) is 5.29. The van der Waals surface area contributed by atoms with Crippen molar-refractivity contribution in [3.63, 3.8) is 0 Å². The molecular formula is C12H17FN2. The maximum atomic E-state index is 14.3. The Morgan fingerprint density at radius 2 is 2.07 bits per heavy atom. The Labute approximate surface area is 89.9 Å². The van der Waals surface area contributed by atoms with Gasteiger partial charge in [0.2, 0.25) is 0 Å². The third-order valence-corrected chi connectivity index (χ3v) is 3.00. The summed E-state index contributed by atoms with van der Waals surface area (Å²) in [7, 11) is 1.96. The lowest BCUT2D eigenvalue weighted by Gasteiger charge is -2.19. The number of halogens is 1. The topological polar surface area (TPSA) is 29.3 Å². The van der Waals surface area contributed by atoms with Gasteiger partial charge < -0.3 is 10.6 Å². The highest BCUT2D eigenvalue weighted by Crippen LogP contribution is 2.28. The van der Waals surface area contributed by atoms with Crippen molar-refractivity contribution in [1.82, 2.24) is 4.90 Å². The number of likely N-dealkylation sites (tertiary alicyclic amines) is 1. The van der Waals surface area contributed by atoms with E-state index in [9.17, 15) is 4.39 Å². The second-order valence-electron chi connectivity index (χ2n) is 4.56. The quantitative estimate of drug-likeness (QED) is 0.752. The van der Waals surface area contributed by atoms with Crippen LogP contribution < -0.4 is 5.73 Å². The number of anilines is 1. The molecule has 0 aromatic heterocycles. The molecule has 2 nitrogen and oxygen atoms in total. The third-order valence-electron chi connectivity index (χ3n) is 3.00. The summed E-state index contributed by atoms with van der Waals surface area (Å²) in [6.07, 6.45) is 1.13. The van der Waals surface area contributed by atoms with Gasteiger partial charge >= 0.3 is 0 Å². The van der Waals surface area contributed by atoms with E-state index >= 15 is 0 Å². The van der Waals surface area contributed by atoms with E-state index in [1.54, 1.807) is 0 Å². The van der Waals surface area contributed by atoms with Crippen molar-refractivity contribution in [2.45, 2.75) is 18.5 Å². The van der Waals surface area contributed by atoms with Crippen LogP contribution in [0.2, 0.25) is 0 Å². The second kappa shape index (κ2) is 3.81. The van der Waals surface area contributed by atoms with Gasteiger partial charge in [-0.1, -0.05) is 12.1 Å². The minimum Gasteiger partial charge on any atom is -0.399 e. The monoisotopic (exact) mass is 208 g/mol. The Balaban J connectivity index is 2.05. The fraction of sp³-hybridized carbons (Fsp3) is 0.500. The predicted octanol–water partition coefficient (Wildman–Crippen LogP) is 1.86. The molecule has 2 N–H and O–H groups in total. The van der Waals surface area contributed by atoms with Gasteiger partial charge in [0.25, 0.3) is 0 Å². The zero-order chi connectivity index (χ0) is 10.9. The van der Waals surface area contributed by atoms with E-state index in [2.05, 4.69) is 0 Å². The molecule has 0 radical (unpaired) electrons. The van der Waals surface area contributed by atoms with E-state index < -0.39 is 5.67 Å². The SMILES string of the molecule is CN1CCC(F)(Cc2ccc(N)cc2)C1. The fourth-order valence-corrected chi connectivity index (χ4v) is 2.18. The van der Waals surface area contributed by atoms with Crippen LogP contribution in [0.15, 0.2) is 24.3 Å². The van der Waals surface area contributed by atoms with Gasteiger partial charge in [0, 0.05) is 25.2 Å². The molecule has 82 valence electrons. The zero-order valence-corrected chi connectivity index (χ0v) is 9.04.